The molecule has 1 unspecified atom stereocenters. The van der Waals surface area contributed by atoms with Crippen molar-refractivity contribution >= 4 is 5.91 Å². The first-order chi connectivity index (χ1) is 16.7. The summed E-state index contributed by atoms with van der Waals surface area (Å²) in [6.07, 6.45) is 4.48. The van der Waals surface area contributed by atoms with Crippen molar-refractivity contribution in [2.24, 2.45) is 0 Å². The molecule has 1 heterocycles. The molecule has 4 aromatic rings. The summed E-state index contributed by atoms with van der Waals surface area (Å²) in [7, 11) is 3.22. The van der Waals surface area contributed by atoms with Crippen molar-refractivity contribution in [2.45, 2.75) is 25.3 Å². The molecule has 1 N–H and O–H groups in total. The number of aryl methyl sites for hydroxylation is 1. The first-order valence-electron chi connectivity index (χ1n) is 11.4. The second-order valence-electron chi connectivity index (χ2n) is 8.42. The lowest BCUT2D eigenvalue weighted by Crippen LogP contribution is -2.38. The van der Waals surface area contributed by atoms with Crippen LogP contribution in [0.5, 0.6) is 11.5 Å². The zero-order valence-electron chi connectivity index (χ0n) is 19.3. The molecule has 172 valence electrons. The number of methoxy groups -OCH3 is 2. The average Bonchev–Trinajstić information content (AvgIpc) is 3.34. The van der Waals surface area contributed by atoms with E-state index in [1.54, 1.807) is 25.1 Å². The van der Waals surface area contributed by atoms with Crippen LogP contribution in [0.4, 0.5) is 0 Å². The summed E-state index contributed by atoms with van der Waals surface area (Å²) in [6, 6.07) is 23.8. The normalized spacial score (nSPS) is 14.8. The zero-order valence-corrected chi connectivity index (χ0v) is 19.3. The van der Waals surface area contributed by atoms with Gasteiger partial charge < -0.3 is 14.8 Å². The molecular formula is C28H27N3O3. The van der Waals surface area contributed by atoms with E-state index in [2.05, 4.69) is 29.6 Å². The van der Waals surface area contributed by atoms with Crippen LogP contribution in [0.25, 0.3) is 16.9 Å². The summed E-state index contributed by atoms with van der Waals surface area (Å²) in [5, 5.41) is 8.06. The van der Waals surface area contributed by atoms with Crippen LogP contribution in [0, 0.1) is 0 Å². The molecule has 1 aliphatic carbocycles. The molecule has 6 nitrogen and oxygen atoms in total. The molecule has 1 atom stereocenters. The van der Waals surface area contributed by atoms with Crippen molar-refractivity contribution in [3.63, 3.8) is 0 Å². The molecule has 1 aliphatic rings. The molecule has 5 rings (SSSR count). The molecule has 0 saturated carbocycles. The Balaban J connectivity index is 1.52. The van der Waals surface area contributed by atoms with Gasteiger partial charge in [0, 0.05) is 17.8 Å². The van der Waals surface area contributed by atoms with Crippen molar-refractivity contribution in [3.05, 3.63) is 95.7 Å². The summed E-state index contributed by atoms with van der Waals surface area (Å²) in [5.41, 5.74) is 5.29. The van der Waals surface area contributed by atoms with Crippen LogP contribution in [0.3, 0.4) is 0 Å². The number of nitrogens with one attached hydrogen (secondary N) is 1. The van der Waals surface area contributed by atoms with Crippen LogP contribution in [-0.4, -0.2) is 35.9 Å². The minimum atomic E-state index is -0.147. The molecule has 6 heteroatoms. The summed E-state index contributed by atoms with van der Waals surface area (Å²) in [5.74, 6) is 1.14. The van der Waals surface area contributed by atoms with Gasteiger partial charge in [0.25, 0.3) is 5.91 Å². The fourth-order valence-corrected chi connectivity index (χ4v) is 4.54. The number of hydrogen-bond acceptors (Lipinski definition) is 4. The van der Waals surface area contributed by atoms with E-state index in [9.17, 15) is 4.79 Å². The van der Waals surface area contributed by atoms with E-state index < -0.39 is 0 Å². The predicted octanol–water partition coefficient (Wildman–Crippen LogP) is 4.84. The fraction of sp³-hybridized carbons (Fsp3) is 0.214. The summed E-state index contributed by atoms with van der Waals surface area (Å²) >= 11 is 0. The summed E-state index contributed by atoms with van der Waals surface area (Å²) in [4.78, 5) is 13.6. The van der Waals surface area contributed by atoms with Crippen molar-refractivity contribution in [3.8, 4) is 28.4 Å². The van der Waals surface area contributed by atoms with E-state index in [1.807, 2.05) is 48.5 Å². The standard InChI is InChI=1S/C28H27N3O3/c1-33-23-14-15-26(34-2)24(17-23)27-25(18-31(30-27)22-10-4-3-5-11-22)28(32)29-21-13-12-19-8-6-7-9-20(19)16-21/h3-11,14-15,17-18,21H,12-13,16H2,1-2H3,(H,29,32). The van der Waals surface area contributed by atoms with Crippen LogP contribution in [-0.2, 0) is 12.8 Å². The molecule has 0 fully saturated rings. The van der Waals surface area contributed by atoms with Crippen LogP contribution in [0.2, 0.25) is 0 Å². The van der Waals surface area contributed by atoms with Gasteiger partial charge in [0.15, 0.2) is 0 Å². The third-order valence-electron chi connectivity index (χ3n) is 6.32. The lowest BCUT2D eigenvalue weighted by atomic mass is 9.88. The predicted molar refractivity (Wildman–Crippen MR) is 132 cm³/mol. The zero-order chi connectivity index (χ0) is 23.5. The van der Waals surface area contributed by atoms with Crippen molar-refractivity contribution in [2.75, 3.05) is 14.2 Å². The number of fused-ring (bicyclic) bond motifs is 1. The first-order valence-corrected chi connectivity index (χ1v) is 11.4. The second-order valence-corrected chi connectivity index (χ2v) is 8.42. The Kier molecular flexibility index (Phi) is 6.04. The van der Waals surface area contributed by atoms with Gasteiger partial charge in [0.1, 0.15) is 17.2 Å². The topological polar surface area (TPSA) is 65.4 Å². The molecule has 0 aliphatic heterocycles. The van der Waals surface area contributed by atoms with E-state index in [4.69, 9.17) is 14.6 Å². The molecular weight excluding hydrogens is 426 g/mol. The highest BCUT2D eigenvalue weighted by Crippen LogP contribution is 2.35. The van der Waals surface area contributed by atoms with Gasteiger partial charge in [0.05, 0.1) is 25.5 Å². The Morgan fingerprint density at radius 1 is 0.971 bits per heavy atom. The molecule has 0 bridgehead atoms. The number of carbonyl (C=O) groups excluding carboxylic acids is 1. The summed E-state index contributed by atoms with van der Waals surface area (Å²) in [6.45, 7) is 0. The van der Waals surface area contributed by atoms with Crippen LogP contribution >= 0.6 is 0 Å². The third kappa shape index (κ3) is 4.27. The Labute approximate surface area is 199 Å². The minimum absolute atomic E-state index is 0.0718. The molecule has 0 radical (unpaired) electrons. The lowest BCUT2D eigenvalue weighted by Gasteiger charge is -2.25. The van der Waals surface area contributed by atoms with Gasteiger partial charge in [-0.25, -0.2) is 4.68 Å². The Morgan fingerprint density at radius 3 is 2.50 bits per heavy atom. The van der Waals surface area contributed by atoms with Crippen LogP contribution in [0.15, 0.2) is 79.0 Å². The molecule has 1 amide bonds. The van der Waals surface area contributed by atoms with Crippen molar-refractivity contribution in [1.82, 2.24) is 15.1 Å². The van der Waals surface area contributed by atoms with Gasteiger partial charge in [-0.2, -0.15) is 5.10 Å². The quantitative estimate of drug-likeness (QED) is 0.454. The van der Waals surface area contributed by atoms with Crippen LogP contribution in [0.1, 0.15) is 27.9 Å². The van der Waals surface area contributed by atoms with E-state index in [0.717, 1.165) is 24.9 Å². The number of aromatic nitrogens is 2. The highest BCUT2D eigenvalue weighted by Gasteiger charge is 2.25. The van der Waals surface area contributed by atoms with Crippen LogP contribution < -0.4 is 14.8 Å². The number of ether oxygens (including phenoxy) is 2. The Hall–Kier alpha value is -4.06. The van der Waals surface area contributed by atoms with Crippen molar-refractivity contribution < 1.29 is 14.3 Å². The number of para-hydroxylation sites is 1. The van der Waals surface area contributed by atoms with E-state index >= 15 is 0 Å². The van der Waals surface area contributed by atoms with E-state index in [0.29, 0.717) is 28.3 Å². The molecule has 0 saturated heterocycles. The van der Waals surface area contributed by atoms with Gasteiger partial charge in [-0.1, -0.05) is 42.5 Å². The van der Waals surface area contributed by atoms with Gasteiger partial charge in [-0.3, -0.25) is 4.79 Å². The van der Waals surface area contributed by atoms with Gasteiger partial charge in [0.2, 0.25) is 0 Å². The van der Waals surface area contributed by atoms with Gasteiger partial charge in [-0.15, -0.1) is 0 Å². The average molecular weight is 454 g/mol. The maximum Gasteiger partial charge on any atom is 0.255 e. The maximum absolute atomic E-state index is 13.6. The summed E-state index contributed by atoms with van der Waals surface area (Å²) < 4.78 is 12.8. The highest BCUT2D eigenvalue weighted by atomic mass is 16.5. The molecule has 3 aromatic carbocycles. The lowest BCUT2D eigenvalue weighted by molar-refractivity contribution is 0.0934. The van der Waals surface area contributed by atoms with Gasteiger partial charge in [-0.05, 0) is 60.7 Å². The Bertz CT molecular complexity index is 1310. The number of carbonyl (C=O) groups is 1. The Morgan fingerprint density at radius 2 is 1.74 bits per heavy atom. The smallest absolute Gasteiger partial charge is 0.255 e. The van der Waals surface area contributed by atoms with E-state index in [1.165, 1.54) is 11.1 Å². The van der Waals surface area contributed by atoms with Crippen molar-refractivity contribution in [1.29, 1.82) is 0 Å². The third-order valence-corrected chi connectivity index (χ3v) is 6.32. The largest absolute Gasteiger partial charge is 0.497 e. The number of nitrogens with zero attached hydrogens (tertiary/aromatic N) is 2. The minimum Gasteiger partial charge on any atom is -0.497 e. The second kappa shape index (κ2) is 9.43. The number of benzene rings is 3. The highest BCUT2D eigenvalue weighted by molar-refractivity contribution is 6.00. The number of rotatable bonds is 6. The first kappa shape index (κ1) is 21.8. The molecule has 34 heavy (non-hydrogen) atoms. The molecule has 1 aromatic heterocycles. The monoisotopic (exact) mass is 453 g/mol. The molecule has 0 spiro atoms. The van der Waals surface area contributed by atoms with Gasteiger partial charge >= 0.3 is 0 Å². The fourth-order valence-electron chi connectivity index (χ4n) is 4.54. The number of amides is 1. The number of hydrogen-bond donors (Lipinski definition) is 1. The maximum atomic E-state index is 13.6. The van der Waals surface area contributed by atoms with E-state index in [-0.39, 0.29) is 11.9 Å². The SMILES string of the molecule is COc1ccc(OC)c(-c2nn(-c3ccccc3)cc2C(=O)NC2CCc3ccccc3C2)c1.